The molecule has 106 valence electrons. The van der Waals surface area contributed by atoms with Crippen molar-refractivity contribution in [3.05, 3.63) is 24.3 Å². The zero-order valence-electron chi connectivity index (χ0n) is 11.6. The molecule has 0 aliphatic carbocycles. The number of benzene rings is 1. The minimum Gasteiger partial charge on any atom is -0.494 e. The first-order valence-electron chi connectivity index (χ1n) is 6.53. The third-order valence-electron chi connectivity index (χ3n) is 2.36. The van der Waals surface area contributed by atoms with Crippen molar-refractivity contribution in [3.8, 4) is 11.5 Å². The molecule has 0 atom stereocenters. The lowest BCUT2D eigenvalue weighted by Crippen LogP contribution is -2.33. The van der Waals surface area contributed by atoms with Gasteiger partial charge in [-0.3, -0.25) is 4.79 Å². The molecule has 0 fully saturated rings. The van der Waals surface area contributed by atoms with Crippen molar-refractivity contribution in [2.75, 3.05) is 33.4 Å². The van der Waals surface area contributed by atoms with Crippen LogP contribution in [-0.2, 0) is 4.79 Å². The first-order chi connectivity index (χ1) is 9.26. The van der Waals surface area contributed by atoms with Gasteiger partial charge in [-0.05, 0) is 37.7 Å². The summed E-state index contributed by atoms with van der Waals surface area (Å²) >= 11 is 0. The summed E-state index contributed by atoms with van der Waals surface area (Å²) in [5.41, 5.74) is 0. The highest BCUT2D eigenvalue weighted by Crippen LogP contribution is 2.17. The van der Waals surface area contributed by atoms with Crippen LogP contribution in [-0.4, -0.2) is 39.3 Å². The number of carbonyl (C=O) groups excluding carboxylic acids is 1. The third kappa shape index (κ3) is 6.67. The maximum absolute atomic E-state index is 11.4. The highest BCUT2D eigenvalue weighted by molar-refractivity contribution is 5.77. The Kier molecular flexibility index (Phi) is 7.43. The van der Waals surface area contributed by atoms with E-state index in [0.29, 0.717) is 18.9 Å². The van der Waals surface area contributed by atoms with Crippen molar-refractivity contribution in [2.24, 2.45) is 0 Å². The van der Waals surface area contributed by atoms with Crippen LogP contribution < -0.4 is 20.1 Å². The van der Waals surface area contributed by atoms with E-state index in [1.807, 2.05) is 19.2 Å². The number of hydrogen-bond acceptors (Lipinski definition) is 4. The van der Waals surface area contributed by atoms with Crippen LogP contribution in [0.3, 0.4) is 0 Å². The van der Waals surface area contributed by atoms with Gasteiger partial charge in [0.15, 0.2) is 6.61 Å². The third-order valence-corrected chi connectivity index (χ3v) is 2.36. The Labute approximate surface area is 114 Å². The van der Waals surface area contributed by atoms with E-state index in [4.69, 9.17) is 9.47 Å². The van der Waals surface area contributed by atoms with Gasteiger partial charge in [0.2, 0.25) is 0 Å². The predicted octanol–water partition coefficient (Wildman–Crippen LogP) is 1.19. The molecule has 0 saturated heterocycles. The minimum absolute atomic E-state index is 0.0267. The second-order valence-corrected chi connectivity index (χ2v) is 4.06. The van der Waals surface area contributed by atoms with E-state index in [1.165, 1.54) is 0 Å². The van der Waals surface area contributed by atoms with E-state index in [1.54, 1.807) is 12.1 Å². The van der Waals surface area contributed by atoms with E-state index >= 15 is 0 Å². The predicted molar refractivity (Wildman–Crippen MR) is 74.7 cm³/mol. The normalized spacial score (nSPS) is 10.0. The van der Waals surface area contributed by atoms with E-state index < -0.39 is 0 Å². The first kappa shape index (κ1) is 15.3. The molecule has 0 aromatic heterocycles. The summed E-state index contributed by atoms with van der Waals surface area (Å²) in [5, 5.41) is 5.69. The second kappa shape index (κ2) is 9.22. The lowest BCUT2D eigenvalue weighted by Gasteiger charge is -2.08. The molecule has 0 spiro atoms. The molecule has 5 heteroatoms. The van der Waals surface area contributed by atoms with Crippen LogP contribution in [0.4, 0.5) is 0 Å². The lowest BCUT2D eigenvalue weighted by molar-refractivity contribution is -0.123. The van der Waals surface area contributed by atoms with Gasteiger partial charge in [-0.25, -0.2) is 0 Å². The molecular weight excluding hydrogens is 244 g/mol. The van der Waals surface area contributed by atoms with Gasteiger partial charge < -0.3 is 20.1 Å². The van der Waals surface area contributed by atoms with Gasteiger partial charge in [-0.1, -0.05) is 6.92 Å². The number of ether oxygens (including phenoxy) is 2. The molecule has 0 bridgehead atoms. The molecule has 1 amide bonds. The minimum atomic E-state index is -0.124. The molecule has 0 unspecified atom stereocenters. The molecule has 5 nitrogen and oxygen atoms in total. The fourth-order valence-electron chi connectivity index (χ4n) is 1.38. The van der Waals surface area contributed by atoms with Crippen molar-refractivity contribution >= 4 is 5.91 Å². The second-order valence-electron chi connectivity index (χ2n) is 4.06. The molecule has 1 aromatic carbocycles. The van der Waals surface area contributed by atoms with E-state index in [9.17, 15) is 4.79 Å². The summed E-state index contributed by atoms with van der Waals surface area (Å²) in [6.07, 6.45) is 0.977. The quantitative estimate of drug-likeness (QED) is 0.659. The van der Waals surface area contributed by atoms with Crippen molar-refractivity contribution in [1.82, 2.24) is 10.6 Å². The Morgan fingerprint density at radius 2 is 1.74 bits per heavy atom. The Bertz CT molecular complexity index is 365. The number of hydrogen-bond donors (Lipinski definition) is 2. The van der Waals surface area contributed by atoms with Crippen LogP contribution in [0.5, 0.6) is 11.5 Å². The van der Waals surface area contributed by atoms with Gasteiger partial charge >= 0.3 is 0 Å². The topological polar surface area (TPSA) is 59.6 Å². The van der Waals surface area contributed by atoms with Gasteiger partial charge in [0.05, 0.1) is 6.61 Å². The van der Waals surface area contributed by atoms with Crippen LogP contribution in [0.2, 0.25) is 0 Å². The van der Waals surface area contributed by atoms with Crippen molar-refractivity contribution in [3.63, 3.8) is 0 Å². The number of carbonyl (C=O) groups is 1. The van der Waals surface area contributed by atoms with Gasteiger partial charge in [0.25, 0.3) is 5.91 Å². The maximum Gasteiger partial charge on any atom is 0.257 e. The SMILES string of the molecule is CCCOc1ccc(OCC(=O)NCCNC)cc1. The zero-order valence-corrected chi connectivity index (χ0v) is 11.6. The maximum atomic E-state index is 11.4. The molecule has 0 heterocycles. The Morgan fingerprint density at radius 3 is 2.32 bits per heavy atom. The molecule has 19 heavy (non-hydrogen) atoms. The standard InChI is InChI=1S/C14H22N2O3/c1-3-10-18-12-4-6-13(7-5-12)19-11-14(17)16-9-8-15-2/h4-7,15H,3,8-11H2,1-2H3,(H,16,17). The van der Waals surface area contributed by atoms with Crippen LogP contribution in [0.25, 0.3) is 0 Å². The average Bonchev–Trinajstić information content (AvgIpc) is 2.44. The fraction of sp³-hybridized carbons (Fsp3) is 0.500. The van der Waals surface area contributed by atoms with Crippen molar-refractivity contribution in [1.29, 1.82) is 0 Å². The number of nitrogens with one attached hydrogen (secondary N) is 2. The highest BCUT2D eigenvalue weighted by Gasteiger charge is 2.02. The number of rotatable bonds is 9. The number of amides is 1. The molecule has 1 rings (SSSR count). The van der Waals surface area contributed by atoms with Gasteiger partial charge in [0, 0.05) is 13.1 Å². The van der Waals surface area contributed by atoms with Crippen LogP contribution in [0, 0.1) is 0 Å². The summed E-state index contributed by atoms with van der Waals surface area (Å²) in [7, 11) is 1.84. The number of likely N-dealkylation sites (N-methyl/N-ethyl adjacent to an activating group) is 1. The van der Waals surface area contributed by atoms with Crippen molar-refractivity contribution < 1.29 is 14.3 Å². The molecule has 0 aliphatic heterocycles. The lowest BCUT2D eigenvalue weighted by atomic mass is 10.3. The Balaban J connectivity index is 2.27. The largest absolute Gasteiger partial charge is 0.494 e. The van der Waals surface area contributed by atoms with Gasteiger partial charge in [-0.15, -0.1) is 0 Å². The molecular formula is C14H22N2O3. The van der Waals surface area contributed by atoms with E-state index in [2.05, 4.69) is 17.6 Å². The smallest absolute Gasteiger partial charge is 0.257 e. The molecule has 1 aromatic rings. The summed E-state index contributed by atoms with van der Waals surface area (Å²) in [4.78, 5) is 11.4. The van der Waals surface area contributed by atoms with Gasteiger partial charge in [0.1, 0.15) is 11.5 Å². The summed E-state index contributed by atoms with van der Waals surface area (Å²) in [5.74, 6) is 1.35. The fourth-order valence-corrected chi connectivity index (χ4v) is 1.38. The summed E-state index contributed by atoms with van der Waals surface area (Å²) in [6.45, 7) is 4.13. The Morgan fingerprint density at radius 1 is 1.11 bits per heavy atom. The van der Waals surface area contributed by atoms with E-state index in [-0.39, 0.29) is 12.5 Å². The summed E-state index contributed by atoms with van der Waals surface area (Å²) in [6, 6.07) is 7.27. The first-order valence-corrected chi connectivity index (χ1v) is 6.53. The van der Waals surface area contributed by atoms with E-state index in [0.717, 1.165) is 18.7 Å². The monoisotopic (exact) mass is 266 g/mol. The molecule has 2 N–H and O–H groups in total. The molecule has 0 radical (unpaired) electrons. The highest BCUT2D eigenvalue weighted by atomic mass is 16.5. The molecule has 0 aliphatic rings. The average molecular weight is 266 g/mol. The molecule has 0 saturated carbocycles. The summed E-state index contributed by atoms with van der Waals surface area (Å²) < 4.78 is 10.8. The Hall–Kier alpha value is -1.75. The van der Waals surface area contributed by atoms with Crippen LogP contribution in [0.1, 0.15) is 13.3 Å². The van der Waals surface area contributed by atoms with Crippen LogP contribution >= 0.6 is 0 Å². The van der Waals surface area contributed by atoms with Crippen LogP contribution in [0.15, 0.2) is 24.3 Å². The van der Waals surface area contributed by atoms with Crippen molar-refractivity contribution in [2.45, 2.75) is 13.3 Å². The van der Waals surface area contributed by atoms with Gasteiger partial charge in [-0.2, -0.15) is 0 Å². The zero-order chi connectivity index (χ0) is 13.9.